The second kappa shape index (κ2) is 6.40. The van der Waals surface area contributed by atoms with Gasteiger partial charge < -0.3 is 15.2 Å². The first kappa shape index (κ1) is 14.9. The van der Waals surface area contributed by atoms with Gasteiger partial charge >= 0.3 is 0 Å². The van der Waals surface area contributed by atoms with E-state index in [2.05, 4.69) is 28.9 Å². The Morgan fingerprint density at radius 3 is 2.43 bits per heavy atom. The van der Waals surface area contributed by atoms with Crippen molar-refractivity contribution in [1.29, 1.82) is 0 Å². The molecule has 2 unspecified atom stereocenters. The van der Waals surface area contributed by atoms with Crippen LogP contribution in [0, 0.1) is 0 Å². The van der Waals surface area contributed by atoms with Gasteiger partial charge in [0.2, 0.25) is 0 Å². The number of rotatable bonds is 4. The highest BCUT2D eigenvalue weighted by Crippen LogP contribution is 2.35. The van der Waals surface area contributed by atoms with Crippen LogP contribution in [-0.4, -0.2) is 48.0 Å². The van der Waals surface area contributed by atoms with E-state index in [9.17, 15) is 0 Å². The van der Waals surface area contributed by atoms with Crippen LogP contribution in [0.4, 0.5) is 0 Å². The number of piperidine rings is 1. The van der Waals surface area contributed by atoms with Crippen LogP contribution in [0.1, 0.15) is 37.8 Å². The molecule has 5 nitrogen and oxygen atoms in total. The molecule has 2 atom stereocenters. The summed E-state index contributed by atoms with van der Waals surface area (Å²) in [6.07, 6.45) is 6.50. The summed E-state index contributed by atoms with van der Waals surface area (Å²) < 4.78 is 11.6. The lowest BCUT2D eigenvalue weighted by molar-refractivity contribution is -0.188. The normalized spacial score (nSPS) is 25.0. The van der Waals surface area contributed by atoms with Crippen molar-refractivity contribution in [3.8, 4) is 0 Å². The van der Waals surface area contributed by atoms with Gasteiger partial charge in [0.05, 0.1) is 13.2 Å². The van der Waals surface area contributed by atoms with Gasteiger partial charge in [0.1, 0.15) is 0 Å². The highest BCUT2D eigenvalue weighted by atomic mass is 16.7. The summed E-state index contributed by atoms with van der Waals surface area (Å²) in [5, 5.41) is 0. The fourth-order valence-electron chi connectivity index (χ4n) is 3.44. The number of hydrogen-bond acceptors (Lipinski definition) is 5. The van der Waals surface area contributed by atoms with Crippen LogP contribution in [0.2, 0.25) is 0 Å². The smallest absolute Gasteiger partial charge is 0.170 e. The third kappa shape index (κ3) is 3.11. The van der Waals surface area contributed by atoms with Crippen LogP contribution in [-0.2, 0) is 9.47 Å². The van der Waals surface area contributed by atoms with Gasteiger partial charge in [-0.1, -0.05) is 6.92 Å². The van der Waals surface area contributed by atoms with Gasteiger partial charge in [-0.3, -0.25) is 9.88 Å². The van der Waals surface area contributed by atoms with Crippen LogP contribution in [0.15, 0.2) is 24.5 Å². The lowest BCUT2D eigenvalue weighted by Crippen LogP contribution is -2.50. The van der Waals surface area contributed by atoms with Crippen molar-refractivity contribution in [3.05, 3.63) is 30.1 Å². The molecule has 5 heteroatoms. The molecule has 3 rings (SSSR count). The van der Waals surface area contributed by atoms with Crippen molar-refractivity contribution in [2.45, 2.75) is 44.1 Å². The van der Waals surface area contributed by atoms with E-state index in [0.29, 0.717) is 0 Å². The van der Waals surface area contributed by atoms with E-state index < -0.39 is 0 Å². The largest absolute Gasteiger partial charge is 0.347 e. The van der Waals surface area contributed by atoms with Gasteiger partial charge in [-0.25, -0.2) is 0 Å². The van der Waals surface area contributed by atoms with Crippen LogP contribution in [0.3, 0.4) is 0 Å². The van der Waals surface area contributed by atoms with Gasteiger partial charge in [-0.05, 0) is 24.1 Å². The first-order chi connectivity index (χ1) is 10.2. The lowest BCUT2D eigenvalue weighted by Gasteiger charge is -2.43. The average Bonchev–Trinajstić information content (AvgIpc) is 2.99. The first-order valence-electron chi connectivity index (χ1n) is 7.91. The summed E-state index contributed by atoms with van der Waals surface area (Å²) in [5.41, 5.74) is 7.65. The Bertz CT molecular complexity index is 438. The highest BCUT2D eigenvalue weighted by molar-refractivity contribution is 5.17. The Kier molecular flexibility index (Phi) is 4.54. The predicted octanol–water partition coefficient (Wildman–Crippen LogP) is 1.70. The third-order valence-corrected chi connectivity index (χ3v) is 4.69. The zero-order chi connectivity index (χ0) is 14.7. The molecule has 0 saturated carbocycles. The molecular formula is C16H25N3O2. The minimum absolute atomic E-state index is 0.131. The van der Waals surface area contributed by atoms with E-state index in [1.165, 1.54) is 5.56 Å². The fourth-order valence-corrected chi connectivity index (χ4v) is 3.44. The summed E-state index contributed by atoms with van der Waals surface area (Å²) in [6.45, 7) is 5.51. The van der Waals surface area contributed by atoms with Gasteiger partial charge in [-0.15, -0.1) is 0 Å². The zero-order valence-electron chi connectivity index (χ0n) is 12.7. The maximum atomic E-state index is 6.40. The number of hydrogen-bond donors (Lipinski definition) is 1. The molecular weight excluding hydrogens is 266 g/mol. The number of nitrogens with two attached hydrogens (primary N) is 1. The maximum absolute atomic E-state index is 6.40. The molecule has 2 fully saturated rings. The summed E-state index contributed by atoms with van der Waals surface area (Å²) in [4.78, 5) is 6.59. The molecule has 0 bridgehead atoms. The maximum Gasteiger partial charge on any atom is 0.170 e. The molecule has 1 aromatic heterocycles. The monoisotopic (exact) mass is 291 g/mol. The van der Waals surface area contributed by atoms with E-state index in [-0.39, 0.29) is 17.9 Å². The third-order valence-electron chi connectivity index (χ3n) is 4.69. The topological polar surface area (TPSA) is 60.6 Å². The predicted molar refractivity (Wildman–Crippen MR) is 80.7 cm³/mol. The zero-order valence-corrected chi connectivity index (χ0v) is 12.7. The molecule has 2 saturated heterocycles. The van der Waals surface area contributed by atoms with Gasteiger partial charge in [-0.2, -0.15) is 0 Å². The van der Waals surface area contributed by atoms with Crippen molar-refractivity contribution in [2.24, 2.45) is 5.73 Å². The molecule has 0 aliphatic carbocycles. The Labute approximate surface area is 126 Å². The summed E-state index contributed by atoms with van der Waals surface area (Å²) in [7, 11) is 0. The van der Waals surface area contributed by atoms with Gasteiger partial charge in [0.15, 0.2) is 5.79 Å². The Hall–Kier alpha value is -1.01. The molecule has 0 aromatic carbocycles. The molecule has 1 aromatic rings. The van der Waals surface area contributed by atoms with E-state index in [0.717, 1.165) is 45.6 Å². The number of ether oxygens (including phenoxy) is 2. The number of nitrogens with zero attached hydrogens (tertiary/aromatic N) is 2. The van der Waals surface area contributed by atoms with Crippen molar-refractivity contribution in [1.82, 2.24) is 9.88 Å². The van der Waals surface area contributed by atoms with Crippen molar-refractivity contribution < 1.29 is 9.47 Å². The molecule has 1 spiro atoms. The molecule has 21 heavy (non-hydrogen) atoms. The molecule has 0 amide bonds. The molecule has 116 valence electrons. The Balaban J connectivity index is 1.73. The van der Waals surface area contributed by atoms with Gasteiger partial charge in [0, 0.05) is 50.4 Å². The van der Waals surface area contributed by atoms with Crippen LogP contribution in [0.25, 0.3) is 0 Å². The van der Waals surface area contributed by atoms with E-state index in [4.69, 9.17) is 15.2 Å². The van der Waals surface area contributed by atoms with E-state index >= 15 is 0 Å². The van der Waals surface area contributed by atoms with Crippen LogP contribution >= 0.6 is 0 Å². The SMILES string of the molecule is CCC(N)C(c1ccncc1)N1CCC2(CC1)OCCO2. The highest BCUT2D eigenvalue weighted by Gasteiger charge is 2.41. The standard InChI is InChI=1S/C16H25N3O2/c1-2-14(17)15(13-3-7-18-8-4-13)19-9-5-16(6-10-19)20-11-12-21-16/h3-4,7-8,14-15H,2,5-6,9-12,17H2,1H3. The van der Waals surface area contributed by atoms with Crippen LogP contribution in [0.5, 0.6) is 0 Å². The average molecular weight is 291 g/mol. The second-order valence-electron chi connectivity index (χ2n) is 5.94. The lowest BCUT2D eigenvalue weighted by atomic mass is 9.93. The number of pyridine rings is 1. The van der Waals surface area contributed by atoms with Crippen LogP contribution < -0.4 is 5.73 Å². The van der Waals surface area contributed by atoms with Crippen molar-refractivity contribution >= 4 is 0 Å². The number of aromatic nitrogens is 1. The van der Waals surface area contributed by atoms with Crippen molar-refractivity contribution in [3.63, 3.8) is 0 Å². The van der Waals surface area contributed by atoms with Crippen molar-refractivity contribution in [2.75, 3.05) is 26.3 Å². The summed E-state index contributed by atoms with van der Waals surface area (Å²) in [5.74, 6) is -0.324. The fraction of sp³-hybridized carbons (Fsp3) is 0.688. The first-order valence-corrected chi connectivity index (χ1v) is 7.91. The van der Waals surface area contributed by atoms with E-state index in [1.54, 1.807) is 0 Å². The minimum Gasteiger partial charge on any atom is -0.347 e. The van der Waals surface area contributed by atoms with E-state index in [1.807, 2.05) is 12.4 Å². The quantitative estimate of drug-likeness (QED) is 0.915. The molecule has 0 radical (unpaired) electrons. The Morgan fingerprint density at radius 1 is 1.24 bits per heavy atom. The summed E-state index contributed by atoms with van der Waals surface area (Å²) >= 11 is 0. The Morgan fingerprint density at radius 2 is 1.86 bits per heavy atom. The second-order valence-corrected chi connectivity index (χ2v) is 5.94. The molecule has 2 aliphatic heterocycles. The number of likely N-dealkylation sites (tertiary alicyclic amines) is 1. The van der Waals surface area contributed by atoms with Gasteiger partial charge in [0.25, 0.3) is 0 Å². The molecule has 2 aliphatic rings. The molecule has 3 heterocycles. The summed E-state index contributed by atoms with van der Waals surface area (Å²) in [6, 6.07) is 4.53. The molecule has 2 N–H and O–H groups in total. The minimum atomic E-state index is -0.324.